The molecule has 0 amide bonds. The molecule has 6 unspecified atom stereocenters. The van der Waals surface area contributed by atoms with Gasteiger partial charge in [0.2, 0.25) is 0 Å². The SMILES string of the molecule is C=C1C[C@@H]2CC[C@]34CC[C@H](O3)[C@@H]3O[C@H]5CC[C@H](CC(=O)CC6[C@H](CC7O[C@@H](CCC1O2)C[C@@H](C)C7=C)O[C@H](C[C@H](O)CN)[C@@H]6C)O[C@@H]5[C@H](O4)[C@@H]3OC.C=C1C[C@@H]2CC[C@]34CC[C@H](O3)[C@@H]3O[C@H]5CC[C@H](CC(=O)CC6[C@H](CC7O[C@@H](CCC1O2)C[C@@H](C)C7=C)O[C@H](C[C@H](O)CO)[C@@H]6C)O[C@@H]5[C@H](O4)[C@@H]3OC. The van der Waals surface area contributed by atoms with Crippen LogP contribution in [0.5, 0.6) is 0 Å². The summed E-state index contributed by atoms with van der Waals surface area (Å²) in [4.78, 5) is 28.0. The van der Waals surface area contributed by atoms with E-state index in [1.165, 1.54) is 0 Å². The molecule has 36 atom stereocenters. The van der Waals surface area contributed by atoms with Crippen molar-refractivity contribution in [3.8, 4) is 0 Å². The molecule has 20 bridgehead atoms. The zero-order chi connectivity index (χ0) is 72.6. The topological polar surface area (TPSA) is 269 Å². The number of ketones is 2. The van der Waals surface area contributed by atoms with Gasteiger partial charge < -0.3 is 96.8 Å². The number of ether oxygens (including phenoxy) is 16. The quantitative estimate of drug-likeness (QED) is 0.165. The van der Waals surface area contributed by atoms with Crippen LogP contribution in [0.3, 0.4) is 0 Å². The van der Waals surface area contributed by atoms with Crippen molar-refractivity contribution in [1.29, 1.82) is 0 Å². The zero-order valence-corrected chi connectivity index (χ0v) is 62.9. The molecule has 22 nitrogen and oxygen atoms in total. The van der Waals surface area contributed by atoms with Crippen LogP contribution in [0.15, 0.2) is 48.6 Å². The lowest BCUT2D eigenvalue weighted by Crippen LogP contribution is -2.64. The summed E-state index contributed by atoms with van der Waals surface area (Å²) in [5.41, 5.74) is 10.3. The van der Waals surface area contributed by atoms with E-state index in [9.17, 15) is 24.9 Å². The maximum Gasteiger partial charge on any atom is 0.169 e. The minimum atomic E-state index is -0.876. The average Bonchev–Trinajstić information content (AvgIpc) is 1.58. The standard InChI is InChI=1S/C41H63NO10.C41H62O11/c2*1-21-14-27-6-8-31-22(2)15-29(46-31)10-12-41-13-11-33(51-41)38-39(45-5)40(52-41)37-32(50-38)9-7-28(48-37)16-25(43)17-30-24(4)34(18-26(44)20-42)49-36(30)19-35(47-27)23(21)3/h21,24,26-40,44H,2-3,6-20,42H2,1,4-5H3;21,24,26-40,42,44H,2-3,6-20H2,1,4-5H3/t2*21-,24-,26+,27+,28-,29+,30?,31?,32+,33+,34-,35?,36+,37+,38+,39-,40+,41+/m11/s1. The van der Waals surface area contributed by atoms with Crippen LogP contribution in [0.25, 0.3) is 0 Å². The molecule has 16 fully saturated rings. The monoisotopic (exact) mass is 1460 g/mol. The summed E-state index contributed by atoms with van der Waals surface area (Å²) in [6.45, 7) is 26.4. The Morgan fingerprint density at radius 3 is 1.25 bits per heavy atom. The lowest BCUT2D eigenvalue weighted by Gasteiger charge is -2.50. The Hall–Kier alpha value is -2.50. The molecule has 16 saturated heterocycles. The first-order valence-corrected chi connectivity index (χ1v) is 40.8. The molecule has 22 heteroatoms. The molecule has 16 aliphatic rings. The van der Waals surface area contributed by atoms with Gasteiger partial charge in [-0.1, -0.05) is 54.0 Å². The zero-order valence-electron chi connectivity index (χ0n) is 62.9. The first-order valence-electron chi connectivity index (χ1n) is 40.8. The molecule has 0 saturated carbocycles. The average molecular weight is 1460 g/mol. The molecule has 16 aliphatic heterocycles. The van der Waals surface area contributed by atoms with Gasteiger partial charge in [-0.25, -0.2) is 0 Å². The predicted octanol–water partition coefficient (Wildman–Crippen LogP) is 9.43. The van der Waals surface area contributed by atoms with Crippen molar-refractivity contribution in [2.75, 3.05) is 27.4 Å². The predicted molar refractivity (Wildman–Crippen MR) is 381 cm³/mol. The number of nitrogens with two attached hydrogens (primary N) is 1. The second kappa shape index (κ2) is 32.3. The molecule has 0 radical (unpaired) electrons. The smallest absolute Gasteiger partial charge is 0.169 e. The van der Waals surface area contributed by atoms with Gasteiger partial charge in [0.1, 0.15) is 60.4 Å². The summed E-state index contributed by atoms with van der Waals surface area (Å²) in [6, 6.07) is 0. The number of Topliss-reactive ketones (excluding diaryl/α,β-unsaturated/α-hetero) is 2. The van der Waals surface area contributed by atoms with E-state index in [2.05, 4.69) is 54.0 Å². The molecule has 5 N–H and O–H groups in total. The van der Waals surface area contributed by atoms with Crippen LogP contribution in [-0.2, 0) is 85.4 Å². The number of hydrogen-bond donors (Lipinski definition) is 4. The molecule has 0 aliphatic carbocycles. The lowest BCUT2D eigenvalue weighted by atomic mass is 9.78. The second-order valence-corrected chi connectivity index (χ2v) is 35.1. The van der Waals surface area contributed by atoms with E-state index in [1.807, 2.05) is 0 Å². The Bertz CT molecular complexity index is 2850. The van der Waals surface area contributed by atoms with Crippen molar-refractivity contribution in [2.24, 2.45) is 41.2 Å². The van der Waals surface area contributed by atoms with E-state index in [-0.39, 0.29) is 207 Å². The highest BCUT2D eigenvalue weighted by Crippen LogP contribution is 2.54. The third-order valence-electron chi connectivity index (χ3n) is 28.2. The Morgan fingerprint density at radius 1 is 0.423 bits per heavy atom. The summed E-state index contributed by atoms with van der Waals surface area (Å²) in [5, 5.41) is 30.5. The maximum absolute atomic E-state index is 14.0. The van der Waals surface area contributed by atoms with E-state index in [4.69, 9.17) is 81.5 Å². The van der Waals surface area contributed by atoms with Gasteiger partial charge >= 0.3 is 0 Å². The van der Waals surface area contributed by atoms with Crippen LogP contribution in [0.2, 0.25) is 0 Å². The second-order valence-electron chi connectivity index (χ2n) is 35.1. The van der Waals surface area contributed by atoms with Crippen molar-refractivity contribution >= 4 is 11.6 Å². The van der Waals surface area contributed by atoms with E-state index in [1.54, 1.807) is 14.2 Å². The van der Waals surface area contributed by atoms with Crippen molar-refractivity contribution in [1.82, 2.24) is 0 Å². The van der Waals surface area contributed by atoms with Crippen LogP contribution >= 0.6 is 0 Å². The normalized spacial score (nSPS) is 50.4. The van der Waals surface area contributed by atoms with Crippen molar-refractivity contribution in [2.45, 2.75) is 390 Å². The minimum absolute atomic E-state index is 0.00177. The number of hydrogen-bond acceptors (Lipinski definition) is 22. The van der Waals surface area contributed by atoms with Gasteiger partial charge in [-0.2, -0.15) is 0 Å². The highest BCUT2D eigenvalue weighted by Gasteiger charge is 2.64. The number of carbonyl (C=O) groups excluding carboxylic acids is 2. The summed E-state index contributed by atoms with van der Waals surface area (Å²) >= 11 is 0. The molecule has 0 aromatic rings. The van der Waals surface area contributed by atoms with Gasteiger partial charge in [0.15, 0.2) is 11.6 Å². The number of methoxy groups -OCH3 is 2. The molecule has 16 heterocycles. The summed E-state index contributed by atoms with van der Waals surface area (Å²) in [7, 11) is 3.43. The fourth-order valence-electron chi connectivity index (χ4n) is 22.1. The third kappa shape index (κ3) is 16.0. The van der Waals surface area contributed by atoms with E-state index >= 15 is 0 Å². The molecular weight excluding hydrogens is 1330 g/mol. The highest BCUT2D eigenvalue weighted by molar-refractivity contribution is 5.79. The number of aliphatic hydroxyl groups excluding tert-OH is 3. The molecule has 0 aromatic heterocycles. The largest absolute Gasteiger partial charge is 0.394 e. The van der Waals surface area contributed by atoms with Crippen LogP contribution in [-0.4, -0.2) is 237 Å². The summed E-state index contributed by atoms with van der Waals surface area (Å²) in [5.74, 6) is -0.609. The van der Waals surface area contributed by atoms with E-state index < -0.39 is 23.8 Å². The number of fused-ring (bicyclic) bond motifs is 18. The Balaban J connectivity index is 0.000000167. The van der Waals surface area contributed by atoms with Crippen molar-refractivity contribution < 1.29 is 101 Å². The fourth-order valence-corrected chi connectivity index (χ4v) is 22.1. The van der Waals surface area contributed by atoms with E-state index in [0.29, 0.717) is 76.0 Å². The molecule has 584 valence electrons. The Morgan fingerprint density at radius 2 is 0.827 bits per heavy atom. The van der Waals surface area contributed by atoms with Crippen LogP contribution in [0.1, 0.15) is 207 Å². The van der Waals surface area contributed by atoms with Crippen molar-refractivity contribution in [3.05, 3.63) is 48.6 Å². The van der Waals surface area contributed by atoms with Gasteiger partial charge in [-0.15, -0.1) is 0 Å². The third-order valence-corrected chi connectivity index (χ3v) is 28.2. The van der Waals surface area contributed by atoms with Gasteiger partial charge in [0.05, 0.1) is 129 Å². The van der Waals surface area contributed by atoms with Gasteiger partial charge in [0, 0.05) is 97.8 Å². The molecule has 16 rings (SSSR count). The van der Waals surface area contributed by atoms with Gasteiger partial charge in [0.25, 0.3) is 0 Å². The minimum Gasteiger partial charge on any atom is -0.394 e. The lowest BCUT2D eigenvalue weighted by molar-refractivity contribution is -0.302. The maximum atomic E-state index is 14.0. The number of carbonyl (C=O) groups is 2. The first-order chi connectivity index (χ1) is 50.0. The summed E-state index contributed by atoms with van der Waals surface area (Å²) < 4.78 is 107. The number of rotatable bonds is 8. The van der Waals surface area contributed by atoms with Gasteiger partial charge in [-0.05, 0) is 161 Å². The van der Waals surface area contributed by atoms with Crippen LogP contribution in [0, 0.1) is 35.5 Å². The summed E-state index contributed by atoms with van der Waals surface area (Å²) in [6.07, 6.45) is 13.5. The fraction of sp³-hybridized carbons (Fsp3) is 0.878. The Labute approximate surface area is 616 Å². The highest BCUT2D eigenvalue weighted by atomic mass is 16.8. The van der Waals surface area contributed by atoms with Gasteiger partial charge in [-0.3, -0.25) is 9.59 Å². The van der Waals surface area contributed by atoms with Crippen LogP contribution < -0.4 is 5.73 Å². The molecule has 0 aromatic carbocycles. The first kappa shape index (κ1) is 76.8. The number of aliphatic hydroxyl groups is 3. The molecular formula is C82H125NO21. The molecule has 104 heavy (non-hydrogen) atoms. The molecule has 2 spiro atoms. The van der Waals surface area contributed by atoms with E-state index in [0.717, 1.165) is 138 Å². The Kier molecular flexibility index (Phi) is 23.9. The van der Waals surface area contributed by atoms with Crippen molar-refractivity contribution in [3.63, 3.8) is 0 Å². The van der Waals surface area contributed by atoms with Crippen LogP contribution in [0.4, 0.5) is 0 Å².